The van der Waals surface area contributed by atoms with E-state index < -0.39 is 0 Å². The van der Waals surface area contributed by atoms with Gasteiger partial charge in [-0.2, -0.15) is 0 Å². The third-order valence-corrected chi connectivity index (χ3v) is 4.01. The summed E-state index contributed by atoms with van der Waals surface area (Å²) in [6.45, 7) is 2.48. The molecule has 3 heterocycles. The third-order valence-electron chi connectivity index (χ3n) is 4.01. The van der Waals surface area contributed by atoms with Gasteiger partial charge in [0.25, 0.3) is 0 Å². The van der Waals surface area contributed by atoms with E-state index in [1.807, 2.05) is 41.1 Å². The van der Waals surface area contributed by atoms with Gasteiger partial charge in [-0.25, -0.2) is 9.97 Å². The lowest BCUT2D eigenvalue weighted by Gasteiger charge is -2.16. The van der Waals surface area contributed by atoms with Gasteiger partial charge in [0.1, 0.15) is 12.1 Å². The third kappa shape index (κ3) is 4.09. The van der Waals surface area contributed by atoms with Gasteiger partial charge in [-0.15, -0.1) is 0 Å². The molecular weight excluding hydrogens is 314 g/mol. The fourth-order valence-electron chi connectivity index (χ4n) is 2.77. The number of rotatable bonds is 7. The van der Waals surface area contributed by atoms with Crippen molar-refractivity contribution in [3.05, 3.63) is 72.7 Å². The number of nitrogens with one attached hydrogen (secondary N) is 1. The van der Waals surface area contributed by atoms with Crippen LogP contribution < -0.4 is 5.32 Å². The predicted molar refractivity (Wildman–Crippen MR) is 95.1 cm³/mol. The molecule has 0 unspecified atom stereocenters. The maximum Gasteiger partial charge on any atom is 0.229 e. The molecule has 0 bridgehead atoms. The summed E-state index contributed by atoms with van der Waals surface area (Å²) in [7, 11) is 0. The van der Waals surface area contributed by atoms with Crippen molar-refractivity contribution in [3.63, 3.8) is 0 Å². The van der Waals surface area contributed by atoms with E-state index in [1.54, 1.807) is 24.9 Å². The molecule has 25 heavy (non-hydrogen) atoms. The molecule has 128 valence electrons. The van der Waals surface area contributed by atoms with E-state index in [9.17, 15) is 4.79 Å². The van der Waals surface area contributed by atoms with Crippen LogP contribution in [0.15, 0.2) is 61.4 Å². The second-order valence-corrected chi connectivity index (χ2v) is 5.77. The van der Waals surface area contributed by atoms with Gasteiger partial charge in [0, 0.05) is 36.9 Å². The highest BCUT2D eigenvalue weighted by molar-refractivity contribution is 5.83. The molecular formula is C19H21N5O. The highest BCUT2D eigenvalue weighted by Crippen LogP contribution is 2.20. The zero-order valence-electron chi connectivity index (χ0n) is 14.2. The first-order valence-corrected chi connectivity index (χ1v) is 8.40. The first-order chi connectivity index (χ1) is 12.3. The molecule has 0 aromatic carbocycles. The Hall–Kier alpha value is -3.02. The second-order valence-electron chi connectivity index (χ2n) is 5.77. The zero-order chi connectivity index (χ0) is 17.5. The van der Waals surface area contributed by atoms with Crippen LogP contribution in [-0.4, -0.2) is 25.4 Å². The van der Waals surface area contributed by atoms with Crippen molar-refractivity contribution < 1.29 is 4.79 Å². The summed E-state index contributed by atoms with van der Waals surface area (Å²) in [5.41, 5.74) is 1.74. The Balaban J connectivity index is 1.74. The molecule has 0 aliphatic rings. The summed E-state index contributed by atoms with van der Waals surface area (Å²) >= 11 is 0. The number of aromatic nitrogens is 4. The maximum absolute atomic E-state index is 12.7. The highest BCUT2D eigenvalue weighted by atomic mass is 16.1. The molecule has 3 aromatic rings. The topological polar surface area (TPSA) is 72.7 Å². The summed E-state index contributed by atoms with van der Waals surface area (Å²) in [4.78, 5) is 25.5. The van der Waals surface area contributed by atoms with Crippen LogP contribution >= 0.6 is 0 Å². The molecule has 1 amide bonds. The van der Waals surface area contributed by atoms with Gasteiger partial charge in [0.05, 0.1) is 11.6 Å². The Morgan fingerprint density at radius 2 is 2.04 bits per heavy atom. The van der Waals surface area contributed by atoms with Gasteiger partial charge < -0.3 is 5.32 Å². The average Bonchev–Trinajstić information content (AvgIpc) is 3.20. The first kappa shape index (κ1) is 16.8. The standard InChI is InChI=1S/C19H21N5O/c1-2-6-16(17-8-3-4-9-21-17)19(25)23-13-15-7-5-10-22-18(15)24-12-11-20-14-24/h3-5,7-12,14,16H,2,6,13H2,1H3,(H,23,25)/t16-/m1/s1. The number of amides is 1. The smallest absolute Gasteiger partial charge is 0.229 e. The number of hydrogen-bond donors (Lipinski definition) is 1. The molecule has 3 rings (SSSR count). The van der Waals surface area contributed by atoms with Crippen molar-refractivity contribution in [2.45, 2.75) is 32.2 Å². The molecule has 0 radical (unpaired) electrons. The van der Waals surface area contributed by atoms with E-state index in [-0.39, 0.29) is 11.8 Å². The number of imidazole rings is 1. The monoisotopic (exact) mass is 335 g/mol. The van der Waals surface area contributed by atoms with Crippen molar-refractivity contribution in [2.75, 3.05) is 0 Å². The second kappa shape index (κ2) is 8.19. The van der Waals surface area contributed by atoms with E-state index in [2.05, 4.69) is 27.2 Å². The van der Waals surface area contributed by atoms with Crippen molar-refractivity contribution in [1.29, 1.82) is 0 Å². The van der Waals surface area contributed by atoms with Gasteiger partial charge in [0.2, 0.25) is 5.91 Å². The van der Waals surface area contributed by atoms with Crippen LogP contribution in [0.25, 0.3) is 5.82 Å². The zero-order valence-corrected chi connectivity index (χ0v) is 14.2. The van der Waals surface area contributed by atoms with E-state index in [0.29, 0.717) is 6.54 Å². The molecule has 3 aromatic heterocycles. The summed E-state index contributed by atoms with van der Waals surface area (Å²) in [6, 6.07) is 9.50. The minimum atomic E-state index is -0.237. The molecule has 0 saturated heterocycles. The van der Waals surface area contributed by atoms with Crippen LogP contribution in [0.5, 0.6) is 0 Å². The van der Waals surface area contributed by atoms with Crippen molar-refractivity contribution >= 4 is 5.91 Å². The number of nitrogens with zero attached hydrogens (tertiary/aromatic N) is 4. The SMILES string of the molecule is CCC[C@@H](C(=O)NCc1cccnc1-n1ccnc1)c1ccccn1. The van der Waals surface area contributed by atoms with Crippen molar-refractivity contribution in [3.8, 4) is 5.82 Å². The largest absolute Gasteiger partial charge is 0.351 e. The Morgan fingerprint density at radius 3 is 2.76 bits per heavy atom. The number of carbonyl (C=O) groups excluding carboxylic acids is 1. The minimum Gasteiger partial charge on any atom is -0.351 e. The predicted octanol–water partition coefficient (Wildman–Crippen LogP) is 2.86. The Kier molecular flexibility index (Phi) is 5.51. The Labute approximate surface area is 147 Å². The summed E-state index contributed by atoms with van der Waals surface area (Å²) in [5.74, 6) is 0.519. The Morgan fingerprint density at radius 1 is 1.16 bits per heavy atom. The van der Waals surface area contributed by atoms with Gasteiger partial charge in [-0.1, -0.05) is 25.5 Å². The molecule has 0 fully saturated rings. The maximum atomic E-state index is 12.7. The van der Waals surface area contributed by atoms with Gasteiger partial charge in [0.15, 0.2) is 0 Å². The van der Waals surface area contributed by atoms with Crippen molar-refractivity contribution in [2.24, 2.45) is 0 Å². The van der Waals surface area contributed by atoms with Crippen LogP contribution in [0.1, 0.15) is 36.9 Å². The molecule has 0 spiro atoms. The summed E-state index contributed by atoms with van der Waals surface area (Å²) < 4.78 is 1.84. The molecule has 1 N–H and O–H groups in total. The van der Waals surface area contributed by atoms with E-state index in [1.165, 1.54) is 0 Å². The van der Waals surface area contributed by atoms with Crippen LogP contribution in [-0.2, 0) is 11.3 Å². The lowest BCUT2D eigenvalue weighted by atomic mass is 9.98. The average molecular weight is 335 g/mol. The molecule has 6 heteroatoms. The van der Waals surface area contributed by atoms with Crippen LogP contribution in [0.2, 0.25) is 0 Å². The van der Waals surface area contributed by atoms with E-state index in [4.69, 9.17) is 0 Å². The quantitative estimate of drug-likeness (QED) is 0.720. The summed E-state index contributed by atoms with van der Waals surface area (Å²) in [6.07, 6.45) is 10.4. The summed E-state index contributed by atoms with van der Waals surface area (Å²) in [5, 5.41) is 3.03. The van der Waals surface area contributed by atoms with Crippen LogP contribution in [0.4, 0.5) is 0 Å². The number of hydrogen-bond acceptors (Lipinski definition) is 4. The van der Waals surface area contributed by atoms with Crippen molar-refractivity contribution in [1.82, 2.24) is 24.8 Å². The highest BCUT2D eigenvalue weighted by Gasteiger charge is 2.21. The molecule has 1 atom stereocenters. The van der Waals surface area contributed by atoms with E-state index in [0.717, 1.165) is 29.9 Å². The fraction of sp³-hybridized carbons (Fsp3) is 0.263. The first-order valence-electron chi connectivity index (χ1n) is 8.40. The molecule has 0 aliphatic heterocycles. The molecule has 0 saturated carbocycles. The minimum absolute atomic E-state index is 0.0130. The Bertz CT molecular complexity index is 802. The normalized spacial score (nSPS) is 11.9. The van der Waals surface area contributed by atoms with Crippen LogP contribution in [0.3, 0.4) is 0 Å². The lowest BCUT2D eigenvalue weighted by molar-refractivity contribution is -0.123. The van der Waals surface area contributed by atoms with Gasteiger partial charge in [-0.05, 0) is 24.6 Å². The molecule has 0 aliphatic carbocycles. The molecule has 6 nitrogen and oxygen atoms in total. The van der Waals surface area contributed by atoms with Gasteiger partial charge in [-0.3, -0.25) is 14.3 Å². The van der Waals surface area contributed by atoms with Gasteiger partial charge >= 0.3 is 0 Å². The van der Waals surface area contributed by atoms with Crippen LogP contribution in [0, 0.1) is 0 Å². The number of carbonyl (C=O) groups is 1. The number of pyridine rings is 2. The lowest BCUT2D eigenvalue weighted by Crippen LogP contribution is -2.30. The fourth-order valence-corrected chi connectivity index (χ4v) is 2.77. The van der Waals surface area contributed by atoms with E-state index >= 15 is 0 Å².